The van der Waals surface area contributed by atoms with Gasteiger partial charge in [0.2, 0.25) is 0 Å². The molecule has 3 aromatic rings. The van der Waals surface area contributed by atoms with Gasteiger partial charge in [0.1, 0.15) is 5.69 Å². The third kappa shape index (κ3) is 3.96. The first-order valence-electron chi connectivity index (χ1n) is 7.84. The quantitative estimate of drug-likeness (QED) is 0.731. The molecule has 0 aliphatic heterocycles. The Morgan fingerprint density at radius 2 is 1.88 bits per heavy atom. The number of aromatic amines is 1. The lowest BCUT2D eigenvalue weighted by molar-refractivity contribution is 0.102. The van der Waals surface area contributed by atoms with E-state index in [1.807, 2.05) is 42.5 Å². The van der Waals surface area contributed by atoms with Gasteiger partial charge in [-0.2, -0.15) is 0 Å². The third-order valence-electron chi connectivity index (χ3n) is 3.89. The fourth-order valence-corrected chi connectivity index (χ4v) is 2.71. The van der Waals surface area contributed by atoms with Crippen LogP contribution in [0.1, 0.15) is 16.1 Å². The summed E-state index contributed by atoms with van der Waals surface area (Å²) in [5.41, 5.74) is 3.44. The van der Waals surface area contributed by atoms with Crippen molar-refractivity contribution in [3.05, 3.63) is 64.8 Å². The van der Waals surface area contributed by atoms with E-state index in [9.17, 15) is 4.79 Å². The van der Waals surface area contributed by atoms with Gasteiger partial charge in [0, 0.05) is 28.2 Å². The highest BCUT2D eigenvalue weighted by Gasteiger charge is 2.10. The Morgan fingerprint density at radius 1 is 1.12 bits per heavy atom. The summed E-state index contributed by atoms with van der Waals surface area (Å²) in [6.45, 7) is 1.00. The van der Waals surface area contributed by atoms with Gasteiger partial charge in [0.05, 0.1) is 0 Å². The van der Waals surface area contributed by atoms with E-state index in [-0.39, 0.29) is 5.91 Å². The molecule has 0 radical (unpaired) electrons. The second kappa shape index (κ2) is 7.07. The summed E-state index contributed by atoms with van der Waals surface area (Å²) < 4.78 is 0. The molecule has 0 aliphatic carbocycles. The van der Waals surface area contributed by atoms with Crippen LogP contribution in [-0.4, -0.2) is 36.4 Å². The Balaban J connectivity index is 1.69. The average molecular weight is 342 g/mol. The molecule has 0 aliphatic rings. The molecule has 124 valence electrons. The van der Waals surface area contributed by atoms with Crippen molar-refractivity contribution < 1.29 is 4.79 Å². The van der Waals surface area contributed by atoms with Crippen LogP contribution < -0.4 is 5.32 Å². The molecule has 0 spiro atoms. The highest BCUT2D eigenvalue weighted by atomic mass is 35.5. The minimum atomic E-state index is -0.164. The van der Waals surface area contributed by atoms with Gasteiger partial charge in [-0.05, 0) is 62.5 Å². The summed E-state index contributed by atoms with van der Waals surface area (Å²) in [4.78, 5) is 17.6. The van der Waals surface area contributed by atoms with E-state index in [0.717, 1.165) is 29.6 Å². The molecule has 1 heterocycles. The zero-order valence-corrected chi connectivity index (χ0v) is 14.5. The molecular weight excluding hydrogens is 322 g/mol. The largest absolute Gasteiger partial charge is 0.351 e. The first kappa shape index (κ1) is 16.6. The molecule has 2 aromatic carbocycles. The van der Waals surface area contributed by atoms with Crippen LogP contribution in [0.3, 0.4) is 0 Å². The Bertz CT molecular complexity index is 853. The van der Waals surface area contributed by atoms with Crippen LogP contribution in [0.15, 0.2) is 48.5 Å². The van der Waals surface area contributed by atoms with Crippen molar-refractivity contribution >= 4 is 34.1 Å². The number of hydrogen-bond donors (Lipinski definition) is 2. The van der Waals surface area contributed by atoms with Gasteiger partial charge in [-0.15, -0.1) is 0 Å². The van der Waals surface area contributed by atoms with Crippen LogP contribution in [0, 0.1) is 0 Å². The molecule has 0 saturated heterocycles. The lowest BCUT2D eigenvalue weighted by atomic mass is 10.1. The number of aromatic nitrogens is 1. The van der Waals surface area contributed by atoms with E-state index in [0.29, 0.717) is 10.7 Å². The minimum Gasteiger partial charge on any atom is -0.351 e. The highest BCUT2D eigenvalue weighted by Crippen LogP contribution is 2.21. The van der Waals surface area contributed by atoms with E-state index < -0.39 is 0 Å². The number of nitrogens with one attached hydrogen (secondary N) is 2. The van der Waals surface area contributed by atoms with Gasteiger partial charge < -0.3 is 15.2 Å². The average Bonchev–Trinajstić information content (AvgIpc) is 2.97. The highest BCUT2D eigenvalue weighted by molar-refractivity contribution is 6.31. The molecule has 0 bridgehead atoms. The van der Waals surface area contributed by atoms with Gasteiger partial charge >= 0.3 is 0 Å². The zero-order valence-electron chi connectivity index (χ0n) is 13.8. The number of likely N-dealkylation sites (N-methyl/N-ethyl adjacent to an activating group) is 1. The number of halogens is 1. The van der Waals surface area contributed by atoms with Crippen molar-refractivity contribution in [2.24, 2.45) is 0 Å². The number of anilines is 1. The molecule has 0 unspecified atom stereocenters. The molecule has 24 heavy (non-hydrogen) atoms. The molecule has 0 atom stereocenters. The smallest absolute Gasteiger partial charge is 0.272 e. The van der Waals surface area contributed by atoms with Crippen molar-refractivity contribution in [2.75, 3.05) is 26.0 Å². The van der Waals surface area contributed by atoms with Crippen molar-refractivity contribution in [1.29, 1.82) is 0 Å². The first-order chi connectivity index (χ1) is 11.5. The molecule has 2 N–H and O–H groups in total. The number of fused-ring (bicyclic) bond motifs is 1. The number of hydrogen-bond acceptors (Lipinski definition) is 2. The third-order valence-corrected chi connectivity index (χ3v) is 4.12. The fourth-order valence-electron chi connectivity index (χ4n) is 2.53. The molecule has 0 saturated carbocycles. The molecular formula is C19H20ClN3O. The van der Waals surface area contributed by atoms with Gasteiger partial charge in [-0.1, -0.05) is 23.7 Å². The Morgan fingerprint density at radius 3 is 2.58 bits per heavy atom. The van der Waals surface area contributed by atoms with Crippen molar-refractivity contribution in [2.45, 2.75) is 6.42 Å². The van der Waals surface area contributed by atoms with Gasteiger partial charge in [0.15, 0.2) is 0 Å². The first-order valence-corrected chi connectivity index (χ1v) is 8.22. The van der Waals surface area contributed by atoms with E-state index in [1.54, 1.807) is 6.07 Å². The number of carbonyl (C=O) groups is 1. The number of benzene rings is 2. The molecule has 0 fully saturated rings. The Hall–Kier alpha value is -2.30. The summed E-state index contributed by atoms with van der Waals surface area (Å²) in [5.74, 6) is -0.164. The summed E-state index contributed by atoms with van der Waals surface area (Å²) in [6.07, 6.45) is 0.990. The molecule has 5 heteroatoms. The topological polar surface area (TPSA) is 48.1 Å². The van der Waals surface area contributed by atoms with Crippen LogP contribution in [0.25, 0.3) is 10.9 Å². The van der Waals surface area contributed by atoms with Gasteiger partial charge in [-0.25, -0.2) is 0 Å². The normalized spacial score (nSPS) is 11.2. The second-order valence-corrected chi connectivity index (χ2v) is 6.56. The molecule has 3 rings (SSSR count). The lowest BCUT2D eigenvalue weighted by Gasteiger charge is -2.10. The maximum absolute atomic E-state index is 12.4. The van der Waals surface area contributed by atoms with Crippen molar-refractivity contribution in [3.63, 3.8) is 0 Å². The Labute approximate surface area is 146 Å². The minimum absolute atomic E-state index is 0.164. The predicted molar refractivity (Wildman–Crippen MR) is 100.0 cm³/mol. The number of rotatable bonds is 5. The van der Waals surface area contributed by atoms with Crippen LogP contribution in [0.5, 0.6) is 0 Å². The van der Waals surface area contributed by atoms with Crippen LogP contribution in [-0.2, 0) is 6.42 Å². The SMILES string of the molecule is CN(C)CCc1ccc(NC(=O)c2cc3cc(Cl)ccc3[nH]2)cc1. The number of amides is 1. The Kier molecular flexibility index (Phi) is 4.88. The van der Waals surface area contributed by atoms with E-state index >= 15 is 0 Å². The zero-order chi connectivity index (χ0) is 17.1. The monoisotopic (exact) mass is 341 g/mol. The van der Waals surface area contributed by atoms with Crippen LogP contribution >= 0.6 is 11.6 Å². The fraction of sp³-hybridized carbons (Fsp3) is 0.211. The number of nitrogens with zero attached hydrogens (tertiary/aromatic N) is 1. The molecule has 1 aromatic heterocycles. The summed E-state index contributed by atoms with van der Waals surface area (Å²) in [7, 11) is 4.12. The number of H-pyrrole nitrogens is 1. The maximum atomic E-state index is 12.4. The molecule has 4 nitrogen and oxygen atoms in total. The van der Waals surface area contributed by atoms with E-state index in [2.05, 4.69) is 29.3 Å². The van der Waals surface area contributed by atoms with Crippen LogP contribution in [0.4, 0.5) is 5.69 Å². The second-order valence-electron chi connectivity index (χ2n) is 6.12. The van der Waals surface area contributed by atoms with Gasteiger partial charge in [0.25, 0.3) is 5.91 Å². The maximum Gasteiger partial charge on any atom is 0.272 e. The van der Waals surface area contributed by atoms with Crippen LogP contribution in [0.2, 0.25) is 5.02 Å². The predicted octanol–water partition coefficient (Wildman–Crippen LogP) is 4.18. The summed E-state index contributed by atoms with van der Waals surface area (Å²) >= 11 is 5.98. The standard InChI is InChI=1S/C19H20ClN3O/c1-23(2)10-9-13-3-6-16(7-4-13)21-19(24)18-12-14-11-15(20)5-8-17(14)22-18/h3-8,11-12,22H,9-10H2,1-2H3,(H,21,24). The lowest BCUT2D eigenvalue weighted by Crippen LogP contribution is -2.15. The number of carbonyl (C=O) groups excluding carboxylic acids is 1. The molecule has 1 amide bonds. The van der Waals surface area contributed by atoms with E-state index in [1.165, 1.54) is 5.56 Å². The van der Waals surface area contributed by atoms with E-state index in [4.69, 9.17) is 11.6 Å². The summed E-state index contributed by atoms with van der Waals surface area (Å²) in [5, 5.41) is 4.49. The van der Waals surface area contributed by atoms with Gasteiger partial charge in [-0.3, -0.25) is 4.79 Å². The van der Waals surface area contributed by atoms with Crippen molar-refractivity contribution in [3.8, 4) is 0 Å². The van der Waals surface area contributed by atoms with Crippen molar-refractivity contribution in [1.82, 2.24) is 9.88 Å². The summed E-state index contributed by atoms with van der Waals surface area (Å²) in [6, 6.07) is 15.3.